The Bertz CT molecular complexity index is 503. The van der Waals surface area contributed by atoms with Gasteiger partial charge in [-0.3, -0.25) is 0 Å². The lowest BCUT2D eigenvalue weighted by Gasteiger charge is -2.20. The zero-order valence-corrected chi connectivity index (χ0v) is 11.1. The van der Waals surface area contributed by atoms with Crippen molar-refractivity contribution in [2.24, 2.45) is 5.73 Å². The molecule has 1 aromatic heterocycles. The summed E-state index contributed by atoms with van der Waals surface area (Å²) in [6.45, 7) is 6.08. The fraction of sp³-hybridized carbons (Fsp3) is 0.429. The SMILES string of the molecule is CC(N)Cc1noc(C(C)(C)c2ccccc2)n1. The number of benzene rings is 1. The van der Waals surface area contributed by atoms with E-state index in [2.05, 4.69) is 36.1 Å². The molecule has 4 heteroatoms. The fourth-order valence-electron chi connectivity index (χ4n) is 1.86. The van der Waals surface area contributed by atoms with Gasteiger partial charge in [0.15, 0.2) is 5.82 Å². The minimum atomic E-state index is -0.287. The molecule has 1 aromatic carbocycles. The Hall–Kier alpha value is -1.68. The van der Waals surface area contributed by atoms with Crippen molar-refractivity contribution in [3.8, 4) is 0 Å². The molecule has 4 nitrogen and oxygen atoms in total. The van der Waals surface area contributed by atoms with Crippen LogP contribution < -0.4 is 5.73 Å². The van der Waals surface area contributed by atoms with E-state index in [1.807, 2.05) is 25.1 Å². The van der Waals surface area contributed by atoms with E-state index >= 15 is 0 Å². The Balaban J connectivity index is 2.27. The molecule has 2 aromatic rings. The van der Waals surface area contributed by atoms with Gasteiger partial charge in [-0.15, -0.1) is 0 Å². The van der Waals surface area contributed by atoms with E-state index in [4.69, 9.17) is 10.3 Å². The molecule has 2 rings (SSSR count). The summed E-state index contributed by atoms with van der Waals surface area (Å²) in [5.41, 5.74) is 6.60. The van der Waals surface area contributed by atoms with Crippen molar-refractivity contribution >= 4 is 0 Å². The van der Waals surface area contributed by atoms with Gasteiger partial charge in [-0.05, 0) is 26.3 Å². The molecule has 1 heterocycles. The van der Waals surface area contributed by atoms with Gasteiger partial charge in [-0.1, -0.05) is 35.5 Å². The van der Waals surface area contributed by atoms with Gasteiger partial charge in [0.05, 0.1) is 5.41 Å². The molecule has 0 spiro atoms. The molecule has 18 heavy (non-hydrogen) atoms. The van der Waals surface area contributed by atoms with Crippen LogP contribution in [0, 0.1) is 0 Å². The Morgan fingerprint density at radius 2 is 1.94 bits per heavy atom. The van der Waals surface area contributed by atoms with E-state index in [0.717, 1.165) is 5.56 Å². The van der Waals surface area contributed by atoms with E-state index in [9.17, 15) is 0 Å². The Morgan fingerprint density at radius 1 is 1.28 bits per heavy atom. The molecule has 0 aliphatic rings. The second-order valence-electron chi connectivity index (χ2n) is 5.19. The van der Waals surface area contributed by atoms with Gasteiger partial charge in [0, 0.05) is 12.5 Å². The van der Waals surface area contributed by atoms with Crippen LogP contribution in [0.4, 0.5) is 0 Å². The van der Waals surface area contributed by atoms with Gasteiger partial charge in [0.1, 0.15) is 0 Å². The molecule has 0 aliphatic carbocycles. The third-order valence-electron chi connectivity index (χ3n) is 3.00. The van der Waals surface area contributed by atoms with Gasteiger partial charge in [0.25, 0.3) is 0 Å². The summed E-state index contributed by atoms with van der Waals surface area (Å²) < 4.78 is 5.37. The highest BCUT2D eigenvalue weighted by Gasteiger charge is 2.29. The summed E-state index contributed by atoms with van der Waals surface area (Å²) in [4.78, 5) is 4.44. The van der Waals surface area contributed by atoms with Crippen LogP contribution in [-0.4, -0.2) is 16.2 Å². The minimum absolute atomic E-state index is 0.0373. The summed E-state index contributed by atoms with van der Waals surface area (Å²) in [5, 5.41) is 3.98. The Kier molecular flexibility index (Phi) is 3.48. The van der Waals surface area contributed by atoms with Gasteiger partial charge in [-0.25, -0.2) is 0 Å². The maximum atomic E-state index is 5.73. The van der Waals surface area contributed by atoms with Gasteiger partial charge in [-0.2, -0.15) is 4.98 Å². The fourth-order valence-corrected chi connectivity index (χ4v) is 1.86. The molecule has 96 valence electrons. The summed E-state index contributed by atoms with van der Waals surface area (Å²) in [7, 11) is 0. The van der Waals surface area contributed by atoms with Crippen molar-refractivity contribution in [1.29, 1.82) is 0 Å². The first kappa shape index (κ1) is 12.8. The molecular formula is C14H19N3O. The standard InChI is InChI=1S/C14H19N3O/c1-10(15)9-12-16-13(18-17-12)14(2,3)11-7-5-4-6-8-11/h4-8,10H,9,15H2,1-3H3. The molecular weight excluding hydrogens is 226 g/mol. The first-order chi connectivity index (χ1) is 8.50. The predicted molar refractivity (Wildman–Crippen MR) is 70.2 cm³/mol. The highest BCUT2D eigenvalue weighted by atomic mass is 16.5. The van der Waals surface area contributed by atoms with E-state index in [1.54, 1.807) is 0 Å². The number of hydrogen-bond donors (Lipinski definition) is 1. The third kappa shape index (κ3) is 2.59. The molecule has 1 unspecified atom stereocenters. The molecule has 1 atom stereocenters. The van der Waals surface area contributed by atoms with Crippen LogP contribution in [0.2, 0.25) is 0 Å². The molecule has 0 aliphatic heterocycles. The highest BCUT2D eigenvalue weighted by Crippen LogP contribution is 2.29. The predicted octanol–water partition coefficient (Wildman–Crippen LogP) is 2.29. The molecule has 0 saturated heterocycles. The summed E-state index contributed by atoms with van der Waals surface area (Å²) >= 11 is 0. The molecule has 0 radical (unpaired) electrons. The lowest BCUT2D eigenvalue weighted by Crippen LogP contribution is -2.21. The van der Waals surface area contributed by atoms with Crippen LogP contribution in [0.15, 0.2) is 34.9 Å². The number of nitrogens with two attached hydrogens (primary N) is 1. The monoisotopic (exact) mass is 245 g/mol. The maximum Gasteiger partial charge on any atom is 0.236 e. The molecule has 0 amide bonds. The van der Waals surface area contributed by atoms with Crippen LogP contribution in [-0.2, 0) is 11.8 Å². The van der Waals surface area contributed by atoms with Crippen LogP contribution in [0.25, 0.3) is 0 Å². The van der Waals surface area contributed by atoms with Gasteiger partial charge in [0.2, 0.25) is 5.89 Å². The highest BCUT2D eigenvalue weighted by molar-refractivity contribution is 5.29. The van der Waals surface area contributed by atoms with E-state index < -0.39 is 0 Å². The lowest BCUT2D eigenvalue weighted by molar-refractivity contribution is 0.329. The zero-order valence-electron chi connectivity index (χ0n) is 11.1. The minimum Gasteiger partial charge on any atom is -0.338 e. The lowest BCUT2D eigenvalue weighted by atomic mass is 9.84. The summed E-state index contributed by atoms with van der Waals surface area (Å²) in [6.07, 6.45) is 0.633. The second-order valence-corrected chi connectivity index (χ2v) is 5.19. The normalized spacial score (nSPS) is 13.6. The van der Waals surface area contributed by atoms with Crippen molar-refractivity contribution < 1.29 is 4.52 Å². The Labute approximate surface area is 107 Å². The van der Waals surface area contributed by atoms with E-state index in [-0.39, 0.29) is 11.5 Å². The average Bonchev–Trinajstić information content (AvgIpc) is 2.78. The number of rotatable bonds is 4. The average molecular weight is 245 g/mol. The number of aromatic nitrogens is 2. The summed E-state index contributed by atoms with van der Waals surface area (Å²) in [5.74, 6) is 1.30. The van der Waals surface area contributed by atoms with E-state index in [1.165, 1.54) is 0 Å². The van der Waals surface area contributed by atoms with Gasteiger partial charge >= 0.3 is 0 Å². The second kappa shape index (κ2) is 4.90. The van der Waals surface area contributed by atoms with Crippen LogP contribution in [0.1, 0.15) is 38.0 Å². The van der Waals surface area contributed by atoms with E-state index in [0.29, 0.717) is 18.1 Å². The smallest absolute Gasteiger partial charge is 0.236 e. The molecule has 0 bridgehead atoms. The molecule has 0 saturated carbocycles. The molecule has 2 N–H and O–H groups in total. The van der Waals surface area contributed by atoms with Gasteiger partial charge < -0.3 is 10.3 Å². The molecule has 0 fully saturated rings. The van der Waals surface area contributed by atoms with Crippen molar-refractivity contribution in [2.75, 3.05) is 0 Å². The largest absolute Gasteiger partial charge is 0.338 e. The third-order valence-corrected chi connectivity index (χ3v) is 3.00. The topological polar surface area (TPSA) is 64.9 Å². The Morgan fingerprint density at radius 3 is 2.56 bits per heavy atom. The van der Waals surface area contributed by atoms with Crippen LogP contribution in [0.5, 0.6) is 0 Å². The van der Waals surface area contributed by atoms with Crippen LogP contribution in [0.3, 0.4) is 0 Å². The quantitative estimate of drug-likeness (QED) is 0.897. The first-order valence-electron chi connectivity index (χ1n) is 6.14. The van der Waals surface area contributed by atoms with Crippen molar-refractivity contribution in [3.05, 3.63) is 47.6 Å². The zero-order chi connectivity index (χ0) is 13.2. The van der Waals surface area contributed by atoms with Crippen molar-refractivity contribution in [1.82, 2.24) is 10.1 Å². The summed E-state index contributed by atoms with van der Waals surface area (Å²) in [6, 6.07) is 10.2. The van der Waals surface area contributed by atoms with Crippen molar-refractivity contribution in [2.45, 2.75) is 38.6 Å². The first-order valence-corrected chi connectivity index (χ1v) is 6.14. The van der Waals surface area contributed by atoms with Crippen LogP contribution >= 0.6 is 0 Å². The van der Waals surface area contributed by atoms with Crippen molar-refractivity contribution in [3.63, 3.8) is 0 Å². The number of hydrogen-bond acceptors (Lipinski definition) is 4. The number of nitrogens with zero attached hydrogens (tertiary/aromatic N) is 2. The maximum absolute atomic E-state index is 5.73.